The average Bonchev–Trinajstić information content (AvgIpc) is 2.65. The van der Waals surface area contributed by atoms with Crippen LogP contribution in [-0.4, -0.2) is 27.6 Å². The number of esters is 1. The van der Waals surface area contributed by atoms with Gasteiger partial charge in [-0.1, -0.05) is 0 Å². The molecule has 0 atom stereocenters. The van der Waals surface area contributed by atoms with Crippen molar-refractivity contribution < 1.29 is 22.7 Å². The summed E-state index contributed by atoms with van der Waals surface area (Å²) in [6.45, 7) is 0. The van der Waals surface area contributed by atoms with E-state index in [0.717, 1.165) is 10.8 Å². The van der Waals surface area contributed by atoms with Crippen LogP contribution in [0.15, 0.2) is 12.3 Å². The van der Waals surface area contributed by atoms with Crippen LogP contribution in [-0.2, 0) is 18.0 Å². The monoisotopic (exact) mass is 259 g/mol. The molecule has 0 saturated carbocycles. The van der Waals surface area contributed by atoms with Crippen LogP contribution in [0.4, 0.5) is 13.2 Å². The third kappa shape index (κ3) is 1.89. The molecule has 0 N–H and O–H groups in total. The highest BCUT2D eigenvalue weighted by Crippen LogP contribution is 2.30. The first-order valence-electron chi connectivity index (χ1n) is 4.82. The van der Waals surface area contributed by atoms with E-state index in [0.29, 0.717) is 0 Å². The zero-order chi connectivity index (χ0) is 13.5. The predicted molar refractivity (Wildman–Crippen MR) is 54.9 cm³/mol. The van der Waals surface area contributed by atoms with Crippen LogP contribution < -0.4 is 0 Å². The van der Waals surface area contributed by atoms with E-state index in [2.05, 4.69) is 14.7 Å². The number of halogens is 3. The fourth-order valence-electron chi connectivity index (χ4n) is 1.56. The summed E-state index contributed by atoms with van der Waals surface area (Å²) >= 11 is 0. The van der Waals surface area contributed by atoms with Gasteiger partial charge in [0, 0.05) is 13.2 Å². The molecule has 0 aliphatic carbocycles. The summed E-state index contributed by atoms with van der Waals surface area (Å²) in [5.41, 5.74) is 0.0968. The Morgan fingerprint density at radius 3 is 2.67 bits per heavy atom. The summed E-state index contributed by atoms with van der Waals surface area (Å²) in [4.78, 5) is 18.4. The highest BCUT2D eigenvalue weighted by Gasteiger charge is 2.37. The van der Waals surface area contributed by atoms with E-state index in [1.807, 2.05) is 0 Å². The topological polar surface area (TPSA) is 57.0 Å². The van der Waals surface area contributed by atoms with E-state index < -0.39 is 18.0 Å². The van der Waals surface area contributed by atoms with Crippen molar-refractivity contribution in [2.24, 2.45) is 7.05 Å². The minimum absolute atomic E-state index is 0.00674. The predicted octanol–water partition coefficient (Wildman–Crippen LogP) is 1.77. The number of rotatable bonds is 1. The van der Waals surface area contributed by atoms with Crippen molar-refractivity contribution in [1.29, 1.82) is 0 Å². The zero-order valence-corrected chi connectivity index (χ0v) is 9.45. The fourth-order valence-corrected chi connectivity index (χ4v) is 1.56. The van der Waals surface area contributed by atoms with Gasteiger partial charge in [0.2, 0.25) is 5.82 Å². The lowest BCUT2D eigenvalue weighted by Crippen LogP contribution is -2.12. The van der Waals surface area contributed by atoms with Crippen molar-refractivity contribution in [1.82, 2.24) is 14.5 Å². The summed E-state index contributed by atoms with van der Waals surface area (Å²) in [5.74, 6) is -1.74. The Hall–Kier alpha value is -2.12. The Labute approximate surface area is 99.2 Å². The molecule has 0 aliphatic heterocycles. The third-order valence-electron chi connectivity index (χ3n) is 2.38. The summed E-state index contributed by atoms with van der Waals surface area (Å²) in [6.07, 6.45) is -3.42. The minimum atomic E-state index is -4.57. The van der Waals surface area contributed by atoms with Crippen LogP contribution in [0, 0.1) is 0 Å². The number of aromatic nitrogens is 3. The number of methoxy groups -OCH3 is 1. The van der Waals surface area contributed by atoms with Crippen molar-refractivity contribution in [3.63, 3.8) is 0 Å². The second kappa shape index (κ2) is 3.97. The van der Waals surface area contributed by atoms with Gasteiger partial charge in [0.25, 0.3) is 0 Å². The van der Waals surface area contributed by atoms with Crippen molar-refractivity contribution in [3.8, 4) is 0 Å². The second-order valence-electron chi connectivity index (χ2n) is 3.55. The van der Waals surface area contributed by atoms with Crippen molar-refractivity contribution in [2.45, 2.75) is 6.18 Å². The third-order valence-corrected chi connectivity index (χ3v) is 2.38. The summed E-state index contributed by atoms with van der Waals surface area (Å²) in [7, 11) is 2.38. The molecule has 0 fully saturated rings. The molecule has 8 heteroatoms. The van der Waals surface area contributed by atoms with Gasteiger partial charge in [0.05, 0.1) is 12.7 Å². The highest BCUT2D eigenvalue weighted by atomic mass is 19.4. The average molecular weight is 259 g/mol. The lowest BCUT2D eigenvalue weighted by molar-refractivity contribution is -0.146. The Morgan fingerprint density at radius 2 is 2.11 bits per heavy atom. The smallest absolute Gasteiger partial charge is 0.449 e. The van der Waals surface area contributed by atoms with E-state index in [4.69, 9.17) is 0 Å². The Morgan fingerprint density at radius 1 is 1.44 bits per heavy atom. The first-order chi connectivity index (χ1) is 8.34. The van der Waals surface area contributed by atoms with Gasteiger partial charge in [-0.25, -0.2) is 14.8 Å². The number of ether oxygens (including phenoxy) is 1. The lowest BCUT2D eigenvalue weighted by atomic mass is 10.3. The fraction of sp³-hybridized carbons (Fsp3) is 0.300. The molecule has 2 aromatic rings. The first kappa shape index (κ1) is 12.3. The molecule has 96 valence electrons. The van der Waals surface area contributed by atoms with Gasteiger partial charge in [-0.05, 0) is 6.07 Å². The van der Waals surface area contributed by atoms with Gasteiger partial charge in [-0.2, -0.15) is 13.2 Å². The zero-order valence-electron chi connectivity index (χ0n) is 9.45. The summed E-state index contributed by atoms with van der Waals surface area (Å²) < 4.78 is 43.1. The van der Waals surface area contributed by atoms with Crippen molar-refractivity contribution in [3.05, 3.63) is 23.7 Å². The molecule has 0 saturated heterocycles. The van der Waals surface area contributed by atoms with Crippen LogP contribution in [0.5, 0.6) is 0 Å². The second-order valence-corrected chi connectivity index (χ2v) is 3.55. The molecule has 0 amide bonds. The lowest BCUT2D eigenvalue weighted by Gasteiger charge is -2.04. The Balaban J connectivity index is 2.63. The van der Waals surface area contributed by atoms with E-state index in [1.165, 1.54) is 20.2 Å². The molecule has 2 heterocycles. The van der Waals surface area contributed by atoms with Crippen molar-refractivity contribution >= 4 is 17.1 Å². The maximum absolute atomic E-state index is 12.6. The molecular weight excluding hydrogens is 251 g/mol. The van der Waals surface area contributed by atoms with Gasteiger partial charge in [0.1, 0.15) is 5.52 Å². The molecule has 0 radical (unpaired) electrons. The molecule has 2 rings (SSSR count). The summed E-state index contributed by atoms with van der Waals surface area (Å²) in [5, 5.41) is 0. The Bertz CT molecular complexity index is 619. The standard InChI is InChI=1S/C10H8F3N3O2/c1-16-7-6(15-9(16)10(11,12)13)3-5(4-14-7)8(17)18-2/h3-4H,1-2H3. The molecule has 18 heavy (non-hydrogen) atoms. The molecule has 0 unspecified atom stereocenters. The van der Waals surface area contributed by atoms with Gasteiger partial charge < -0.3 is 9.30 Å². The van der Waals surface area contributed by atoms with E-state index in [1.54, 1.807) is 0 Å². The molecule has 0 aliphatic rings. The molecule has 0 spiro atoms. The number of hydrogen-bond donors (Lipinski definition) is 0. The van der Waals surface area contributed by atoms with Crippen LogP contribution >= 0.6 is 0 Å². The van der Waals surface area contributed by atoms with Gasteiger partial charge in [-0.3, -0.25) is 0 Å². The molecule has 5 nitrogen and oxygen atoms in total. The SMILES string of the molecule is COC(=O)c1cnc2c(c1)nc(C(F)(F)F)n2C. The number of pyridine rings is 1. The molecule has 2 aromatic heterocycles. The van der Waals surface area contributed by atoms with Crippen molar-refractivity contribution in [2.75, 3.05) is 7.11 Å². The number of nitrogens with zero attached hydrogens (tertiary/aromatic N) is 3. The van der Waals surface area contributed by atoms with Gasteiger partial charge in [-0.15, -0.1) is 0 Å². The normalized spacial score (nSPS) is 11.8. The highest BCUT2D eigenvalue weighted by molar-refractivity contribution is 5.92. The van der Waals surface area contributed by atoms with Gasteiger partial charge in [0.15, 0.2) is 5.65 Å². The molecule has 0 aromatic carbocycles. The van der Waals surface area contributed by atoms with E-state index in [9.17, 15) is 18.0 Å². The number of carbonyl (C=O) groups is 1. The Kier molecular flexibility index (Phi) is 2.72. The first-order valence-corrected chi connectivity index (χ1v) is 4.82. The number of alkyl halides is 3. The van der Waals surface area contributed by atoms with Crippen LogP contribution in [0.1, 0.15) is 16.2 Å². The largest absolute Gasteiger partial charge is 0.465 e. The number of aryl methyl sites for hydroxylation is 1. The molecular formula is C10H8F3N3O2. The van der Waals surface area contributed by atoms with Crippen LogP contribution in [0.25, 0.3) is 11.2 Å². The van der Waals surface area contributed by atoms with E-state index in [-0.39, 0.29) is 16.7 Å². The number of hydrogen-bond acceptors (Lipinski definition) is 4. The van der Waals surface area contributed by atoms with Crippen LogP contribution in [0.2, 0.25) is 0 Å². The minimum Gasteiger partial charge on any atom is -0.465 e. The maximum atomic E-state index is 12.6. The van der Waals surface area contributed by atoms with E-state index >= 15 is 0 Å². The summed E-state index contributed by atoms with van der Waals surface area (Å²) in [6, 6.07) is 1.21. The quantitative estimate of drug-likeness (QED) is 0.732. The maximum Gasteiger partial charge on any atom is 0.449 e. The number of imidazole rings is 1. The van der Waals surface area contributed by atoms with Crippen LogP contribution in [0.3, 0.4) is 0 Å². The number of fused-ring (bicyclic) bond motifs is 1. The number of carbonyl (C=O) groups excluding carboxylic acids is 1. The van der Waals surface area contributed by atoms with Gasteiger partial charge >= 0.3 is 12.1 Å². The molecule has 0 bridgehead atoms.